The zero-order valence-corrected chi connectivity index (χ0v) is 8.73. The summed E-state index contributed by atoms with van der Waals surface area (Å²) in [5.74, 6) is 0. The van der Waals surface area contributed by atoms with Gasteiger partial charge in [-0.05, 0) is 0 Å². The molecule has 0 aliphatic heterocycles. The first-order chi connectivity index (χ1) is 3.77. The molecule has 0 amide bonds. The molecule has 0 aliphatic carbocycles. The van der Waals surface area contributed by atoms with Gasteiger partial charge in [0.05, 0.1) is 0 Å². The summed E-state index contributed by atoms with van der Waals surface area (Å²) in [4.78, 5) is 3.80. The van der Waals surface area contributed by atoms with Gasteiger partial charge in [0, 0.05) is 0 Å². The van der Waals surface area contributed by atoms with Gasteiger partial charge in [-0.1, -0.05) is 0 Å². The van der Waals surface area contributed by atoms with Gasteiger partial charge in [0.15, 0.2) is 0 Å². The van der Waals surface area contributed by atoms with Gasteiger partial charge >= 0.3 is 68.8 Å². The van der Waals surface area contributed by atoms with Crippen LogP contribution >= 0.6 is 0 Å². The quantitative estimate of drug-likeness (QED) is 0.532. The van der Waals surface area contributed by atoms with Crippen molar-refractivity contribution >= 4 is 15.2 Å². The van der Waals surface area contributed by atoms with Crippen LogP contribution in [-0.2, 0) is 36.3 Å². The maximum atomic E-state index is 3.89. The van der Waals surface area contributed by atoms with Gasteiger partial charge in [-0.3, -0.25) is 0 Å². The molecule has 0 radical (unpaired) electrons. The van der Waals surface area contributed by atoms with Crippen LogP contribution < -0.4 is 0 Å². The summed E-state index contributed by atoms with van der Waals surface area (Å²) in [6.07, 6.45) is 1.54. The van der Waals surface area contributed by atoms with E-state index in [4.69, 9.17) is 0 Å². The summed E-state index contributed by atoms with van der Waals surface area (Å²) in [6.45, 7) is 1.91. The molecule has 4 heteroatoms. The van der Waals surface area contributed by atoms with Crippen molar-refractivity contribution in [2.24, 2.45) is 4.99 Å². The van der Waals surface area contributed by atoms with Gasteiger partial charge in [-0.15, -0.1) is 0 Å². The van der Waals surface area contributed by atoms with Gasteiger partial charge in [0.2, 0.25) is 0 Å². The molecular formula is C4H5N2VW-. The van der Waals surface area contributed by atoms with Crippen molar-refractivity contribution in [1.29, 1.82) is 0 Å². The van der Waals surface area contributed by atoms with Crippen molar-refractivity contribution in [3.63, 3.8) is 0 Å². The molecule has 0 aromatic rings. The van der Waals surface area contributed by atoms with Crippen molar-refractivity contribution in [2.75, 3.05) is 0 Å². The molecule has 8 heavy (non-hydrogen) atoms. The van der Waals surface area contributed by atoms with Crippen LogP contribution in [0.3, 0.4) is 0 Å². The first kappa shape index (κ1) is 8.48. The zero-order valence-electron chi connectivity index (χ0n) is 4.40. The van der Waals surface area contributed by atoms with Gasteiger partial charge in [-0.2, -0.15) is 0 Å². The second-order valence-electron chi connectivity index (χ2n) is 1.05. The van der Waals surface area contributed by atoms with E-state index in [-0.39, 0.29) is 0 Å². The average Bonchev–Trinajstić information content (AvgIpc) is 1.66. The molecule has 0 N–H and O–H groups in total. The average molecular weight is 316 g/mol. The molecule has 0 saturated heterocycles. The Kier molecular flexibility index (Phi) is 5.96. The summed E-state index contributed by atoms with van der Waals surface area (Å²) in [5.41, 5.74) is 0. The third-order valence-corrected chi connectivity index (χ3v) is 0.990. The van der Waals surface area contributed by atoms with Gasteiger partial charge in [0.25, 0.3) is 0 Å². The second-order valence-corrected chi connectivity index (χ2v) is 2.81. The summed E-state index contributed by atoms with van der Waals surface area (Å²) in [7, 11) is 0. The molecule has 0 atom stereocenters. The number of rotatable bonds is 3. The van der Waals surface area contributed by atoms with E-state index >= 15 is 0 Å². The van der Waals surface area contributed by atoms with Crippen LogP contribution in [0.2, 0.25) is 0 Å². The van der Waals surface area contributed by atoms with Gasteiger partial charge in [0.1, 0.15) is 0 Å². The van der Waals surface area contributed by atoms with Crippen LogP contribution in [0.4, 0.5) is 0 Å². The molecule has 0 aromatic carbocycles. The predicted molar refractivity (Wildman–Crippen MR) is 28.6 cm³/mol. The Bertz CT molecular complexity index is 121. The topological polar surface area (TPSA) is 26.5 Å². The van der Waals surface area contributed by atoms with E-state index in [1.165, 1.54) is 19.4 Å². The van der Waals surface area contributed by atoms with E-state index in [0.29, 0.717) is 0 Å². The van der Waals surface area contributed by atoms with Crippen LogP contribution in [0.1, 0.15) is 6.92 Å². The molecule has 0 fully saturated rings. The normalized spacial score (nSPS) is 9.00. The third-order valence-electron chi connectivity index (χ3n) is 0.372. The SMILES string of the molecule is C[C](=[V])[N-]C=N[CH]=[W]. The number of hydrogen-bond donors (Lipinski definition) is 0. The Morgan fingerprint density at radius 3 is 2.88 bits per heavy atom. The Morgan fingerprint density at radius 1 is 1.88 bits per heavy atom. The summed E-state index contributed by atoms with van der Waals surface area (Å²) >= 11 is 3.69. The standard InChI is InChI=1S/C4H5N2.V.W/c1-3-6-4-5-2;;/h2,4H,1H3;;/q-1;;. The van der Waals surface area contributed by atoms with E-state index in [9.17, 15) is 0 Å². The van der Waals surface area contributed by atoms with E-state index in [1.54, 1.807) is 10.9 Å². The summed E-state index contributed by atoms with van der Waals surface area (Å²) in [6, 6.07) is 0. The van der Waals surface area contributed by atoms with Crippen molar-refractivity contribution in [3.05, 3.63) is 5.32 Å². The fourth-order valence-corrected chi connectivity index (χ4v) is 0.420. The van der Waals surface area contributed by atoms with Crippen LogP contribution in [0.15, 0.2) is 4.99 Å². The van der Waals surface area contributed by atoms with Crippen LogP contribution in [-0.4, -0.2) is 15.2 Å². The summed E-state index contributed by atoms with van der Waals surface area (Å²) < 4.78 is 2.75. The fraction of sp³-hybridized carbons (Fsp3) is 0.250. The van der Waals surface area contributed by atoms with E-state index in [2.05, 4.69) is 27.3 Å². The fourth-order valence-electron chi connectivity index (χ4n) is 0.144. The Labute approximate surface area is 68.7 Å². The molecule has 2 nitrogen and oxygen atoms in total. The Morgan fingerprint density at radius 2 is 2.50 bits per heavy atom. The molecule has 0 spiro atoms. The Balaban J connectivity index is 3.29. The minimum absolute atomic E-state index is 0.970. The maximum absolute atomic E-state index is 3.89. The van der Waals surface area contributed by atoms with Crippen molar-refractivity contribution in [1.82, 2.24) is 0 Å². The minimum atomic E-state index is 0.970. The van der Waals surface area contributed by atoms with Crippen molar-refractivity contribution in [3.8, 4) is 0 Å². The van der Waals surface area contributed by atoms with Crippen LogP contribution in [0.25, 0.3) is 5.32 Å². The molecule has 43 valence electrons. The third kappa shape index (κ3) is 6.48. The van der Waals surface area contributed by atoms with Gasteiger partial charge in [-0.25, -0.2) is 0 Å². The zero-order chi connectivity index (χ0) is 6.41. The predicted octanol–water partition coefficient (Wildman–Crippen LogP) is 0.392. The molecule has 0 saturated carbocycles. The van der Waals surface area contributed by atoms with E-state index in [0.717, 1.165) is 4.35 Å². The molecule has 0 aliphatic rings. The molecular weight excluding hydrogens is 311 g/mol. The van der Waals surface area contributed by atoms with Crippen molar-refractivity contribution < 1.29 is 36.3 Å². The van der Waals surface area contributed by atoms with Crippen LogP contribution in [0.5, 0.6) is 0 Å². The molecule has 0 rings (SSSR count). The number of hydrogen-bond acceptors (Lipinski definition) is 1. The van der Waals surface area contributed by atoms with Crippen molar-refractivity contribution in [2.45, 2.75) is 6.92 Å². The van der Waals surface area contributed by atoms with E-state index in [1.807, 2.05) is 6.92 Å². The second kappa shape index (κ2) is 5.62. The summed E-state index contributed by atoms with van der Waals surface area (Å²) in [5, 5.41) is 3.89. The first-order valence-electron chi connectivity index (χ1n) is 1.96. The van der Waals surface area contributed by atoms with E-state index < -0.39 is 0 Å². The molecule has 0 aromatic heterocycles. The van der Waals surface area contributed by atoms with Crippen LogP contribution in [0, 0.1) is 0 Å². The number of aliphatic imine (C=N–C) groups is 1. The number of nitrogens with zero attached hydrogens (tertiary/aromatic N) is 2. The molecule has 0 heterocycles. The molecule has 0 unspecified atom stereocenters. The molecule has 0 bridgehead atoms. The Hall–Kier alpha value is 0.483. The van der Waals surface area contributed by atoms with Gasteiger partial charge < -0.3 is 0 Å². The first-order valence-corrected chi connectivity index (χ1v) is 4.35. The monoisotopic (exact) mass is 316 g/mol.